The first-order valence-corrected chi connectivity index (χ1v) is 6.89. The van der Waals surface area contributed by atoms with Gasteiger partial charge in [-0.3, -0.25) is 4.79 Å². The Hall–Kier alpha value is -1.26. The molecule has 0 radical (unpaired) electrons. The Bertz CT molecular complexity index is 341. The molecule has 1 rings (SSSR count). The van der Waals surface area contributed by atoms with Crippen LogP contribution in [0.5, 0.6) is 0 Å². The van der Waals surface area contributed by atoms with Crippen LogP contribution >= 0.6 is 0 Å². The molecule has 0 aromatic carbocycles. The summed E-state index contributed by atoms with van der Waals surface area (Å²) in [5.41, 5.74) is -1.53. The summed E-state index contributed by atoms with van der Waals surface area (Å²) in [6.45, 7) is 9.40. The maximum absolute atomic E-state index is 12.0. The summed E-state index contributed by atoms with van der Waals surface area (Å²) in [5.74, 6) is 0.423. The minimum atomic E-state index is -0.966. The number of hydrogen-bond donors (Lipinski definition) is 2. The molecule has 19 heavy (non-hydrogen) atoms. The van der Waals surface area contributed by atoms with E-state index in [1.165, 1.54) is 19.3 Å². The van der Waals surface area contributed by atoms with Crippen LogP contribution in [0.3, 0.4) is 0 Å². The van der Waals surface area contributed by atoms with Gasteiger partial charge in [0, 0.05) is 6.54 Å². The van der Waals surface area contributed by atoms with E-state index in [9.17, 15) is 9.59 Å². The van der Waals surface area contributed by atoms with Crippen LogP contribution in [-0.4, -0.2) is 29.7 Å². The van der Waals surface area contributed by atoms with E-state index in [1.807, 2.05) is 0 Å². The molecule has 5 heteroatoms. The molecule has 1 saturated carbocycles. The van der Waals surface area contributed by atoms with Crippen LogP contribution in [0.15, 0.2) is 0 Å². The summed E-state index contributed by atoms with van der Waals surface area (Å²) in [7, 11) is 0. The highest BCUT2D eigenvalue weighted by Gasteiger charge is 2.32. The molecule has 0 aliphatic heterocycles. The molecule has 0 heterocycles. The summed E-state index contributed by atoms with van der Waals surface area (Å²) < 4.78 is 5.15. The van der Waals surface area contributed by atoms with Gasteiger partial charge >= 0.3 is 6.09 Å². The van der Waals surface area contributed by atoms with E-state index in [2.05, 4.69) is 10.6 Å². The third-order valence-corrected chi connectivity index (χ3v) is 3.16. The number of amides is 2. The lowest BCUT2D eigenvalue weighted by atomic mass is 9.85. The summed E-state index contributed by atoms with van der Waals surface area (Å²) in [6.07, 6.45) is 3.04. The van der Waals surface area contributed by atoms with Crippen LogP contribution in [0.1, 0.15) is 53.9 Å². The predicted octanol–water partition coefficient (Wildman–Crippen LogP) is 2.21. The molecule has 110 valence electrons. The van der Waals surface area contributed by atoms with Gasteiger partial charge in [0.15, 0.2) is 0 Å². The minimum absolute atomic E-state index is 0.176. The molecule has 0 bridgehead atoms. The number of carbonyl (C=O) groups excluding carboxylic acids is 2. The van der Waals surface area contributed by atoms with E-state index in [0.29, 0.717) is 12.5 Å². The third kappa shape index (κ3) is 5.49. The fourth-order valence-electron chi connectivity index (χ4n) is 1.77. The highest BCUT2D eigenvalue weighted by Crippen LogP contribution is 2.25. The van der Waals surface area contributed by atoms with Gasteiger partial charge in [-0.05, 0) is 53.4 Å². The van der Waals surface area contributed by atoms with Crippen molar-refractivity contribution in [2.24, 2.45) is 5.92 Å². The van der Waals surface area contributed by atoms with E-state index < -0.39 is 17.2 Å². The largest absolute Gasteiger partial charge is 0.444 e. The zero-order chi connectivity index (χ0) is 14.7. The molecule has 5 nitrogen and oxygen atoms in total. The molecular formula is C14H26N2O3. The molecule has 2 amide bonds. The van der Waals surface area contributed by atoms with Crippen LogP contribution in [0.25, 0.3) is 0 Å². The summed E-state index contributed by atoms with van der Waals surface area (Å²) >= 11 is 0. The van der Waals surface area contributed by atoms with Crippen molar-refractivity contribution in [1.82, 2.24) is 10.6 Å². The lowest BCUT2D eigenvalue weighted by Gasteiger charge is -2.30. The Labute approximate surface area is 115 Å². The lowest BCUT2D eigenvalue weighted by molar-refractivity contribution is -0.126. The zero-order valence-corrected chi connectivity index (χ0v) is 12.6. The first-order chi connectivity index (χ1) is 8.60. The Morgan fingerprint density at radius 3 is 2.16 bits per heavy atom. The quantitative estimate of drug-likeness (QED) is 0.823. The molecule has 1 fully saturated rings. The number of carbonyl (C=O) groups is 2. The van der Waals surface area contributed by atoms with Gasteiger partial charge in [0.1, 0.15) is 11.1 Å². The van der Waals surface area contributed by atoms with Gasteiger partial charge < -0.3 is 15.4 Å². The molecule has 0 unspecified atom stereocenters. The van der Waals surface area contributed by atoms with E-state index in [1.54, 1.807) is 34.6 Å². The van der Waals surface area contributed by atoms with Gasteiger partial charge in [0.05, 0.1) is 0 Å². The van der Waals surface area contributed by atoms with E-state index in [4.69, 9.17) is 4.74 Å². The maximum atomic E-state index is 12.0. The molecule has 0 aromatic heterocycles. The smallest absolute Gasteiger partial charge is 0.408 e. The number of alkyl carbamates (subject to hydrolysis) is 1. The molecule has 0 spiro atoms. The number of ether oxygens (including phenoxy) is 1. The number of hydrogen-bond acceptors (Lipinski definition) is 3. The number of nitrogens with one attached hydrogen (secondary N) is 2. The fourth-order valence-corrected chi connectivity index (χ4v) is 1.77. The molecule has 1 aliphatic rings. The Balaban J connectivity index is 2.39. The second-order valence-corrected chi connectivity index (χ2v) is 6.76. The SMILES string of the molecule is CC(C)(C)OC(=O)NC(C)(C)C(=O)NCC1CCC1. The summed E-state index contributed by atoms with van der Waals surface area (Å²) in [4.78, 5) is 23.7. The van der Waals surface area contributed by atoms with E-state index in [0.717, 1.165) is 0 Å². The Kier molecular flexibility index (Phi) is 4.82. The Morgan fingerprint density at radius 2 is 1.74 bits per heavy atom. The van der Waals surface area contributed by atoms with Gasteiger partial charge in [-0.15, -0.1) is 0 Å². The first-order valence-electron chi connectivity index (χ1n) is 6.89. The van der Waals surface area contributed by atoms with Gasteiger partial charge in [-0.1, -0.05) is 6.42 Å². The average molecular weight is 270 g/mol. The van der Waals surface area contributed by atoms with E-state index >= 15 is 0 Å². The molecule has 1 aliphatic carbocycles. The van der Waals surface area contributed by atoms with Crippen molar-refractivity contribution < 1.29 is 14.3 Å². The topological polar surface area (TPSA) is 67.4 Å². The predicted molar refractivity (Wildman–Crippen MR) is 73.8 cm³/mol. The van der Waals surface area contributed by atoms with Crippen LogP contribution in [-0.2, 0) is 9.53 Å². The molecule has 2 N–H and O–H groups in total. The highest BCUT2D eigenvalue weighted by atomic mass is 16.6. The van der Waals surface area contributed by atoms with Crippen LogP contribution in [0.4, 0.5) is 4.79 Å². The fraction of sp³-hybridized carbons (Fsp3) is 0.857. The second-order valence-electron chi connectivity index (χ2n) is 6.76. The van der Waals surface area contributed by atoms with Crippen molar-refractivity contribution in [3.63, 3.8) is 0 Å². The second kappa shape index (κ2) is 5.80. The van der Waals surface area contributed by atoms with Crippen LogP contribution < -0.4 is 10.6 Å². The first kappa shape index (κ1) is 15.8. The van der Waals surface area contributed by atoms with Crippen molar-refractivity contribution in [2.45, 2.75) is 65.0 Å². The van der Waals surface area contributed by atoms with Gasteiger partial charge in [-0.25, -0.2) is 4.79 Å². The summed E-state index contributed by atoms with van der Waals surface area (Å²) in [5, 5.41) is 5.48. The normalized spacial score (nSPS) is 16.5. The summed E-state index contributed by atoms with van der Waals surface area (Å²) in [6, 6.07) is 0. The average Bonchev–Trinajstić information content (AvgIpc) is 2.10. The lowest BCUT2D eigenvalue weighted by Crippen LogP contribution is -2.56. The maximum Gasteiger partial charge on any atom is 0.408 e. The zero-order valence-electron chi connectivity index (χ0n) is 12.6. The van der Waals surface area contributed by atoms with E-state index in [-0.39, 0.29) is 5.91 Å². The van der Waals surface area contributed by atoms with Gasteiger partial charge in [0.2, 0.25) is 5.91 Å². The highest BCUT2D eigenvalue weighted by molar-refractivity contribution is 5.89. The Morgan fingerprint density at radius 1 is 1.16 bits per heavy atom. The molecular weight excluding hydrogens is 244 g/mol. The monoisotopic (exact) mass is 270 g/mol. The van der Waals surface area contributed by atoms with Crippen molar-refractivity contribution in [2.75, 3.05) is 6.54 Å². The molecule has 0 aromatic rings. The van der Waals surface area contributed by atoms with Crippen molar-refractivity contribution in [3.05, 3.63) is 0 Å². The standard InChI is InChI=1S/C14H26N2O3/c1-13(2,3)19-12(18)16-14(4,5)11(17)15-9-10-7-6-8-10/h10H,6-9H2,1-5H3,(H,15,17)(H,16,18). The van der Waals surface area contributed by atoms with Crippen LogP contribution in [0.2, 0.25) is 0 Å². The van der Waals surface area contributed by atoms with Crippen molar-refractivity contribution in [3.8, 4) is 0 Å². The van der Waals surface area contributed by atoms with Crippen molar-refractivity contribution in [1.29, 1.82) is 0 Å². The van der Waals surface area contributed by atoms with Gasteiger partial charge in [0.25, 0.3) is 0 Å². The van der Waals surface area contributed by atoms with Crippen molar-refractivity contribution >= 4 is 12.0 Å². The number of rotatable bonds is 4. The third-order valence-electron chi connectivity index (χ3n) is 3.16. The minimum Gasteiger partial charge on any atom is -0.444 e. The molecule has 0 saturated heterocycles. The van der Waals surface area contributed by atoms with Gasteiger partial charge in [-0.2, -0.15) is 0 Å². The van der Waals surface area contributed by atoms with Crippen LogP contribution in [0, 0.1) is 5.92 Å². The molecule has 0 atom stereocenters.